The molecule has 0 aromatic heterocycles. The molecule has 2 N–H and O–H groups in total. The number of nitrogens with one attached hydrogen (secondary N) is 2. The van der Waals surface area contributed by atoms with Gasteiger partial charge >= 0.3 is 12.0 Å². The number of rotatable bonds is 10. The second-order valence-electron chi connectivity index (χ2n) is 6.43. The number of benzene rings is 1. The maximum absolute atomic E-state index is 13.4. The Labute approximate surface area is 158 Å². The van der Waals surface area contributed by atoms with Crippen LogP contribution in [0.4, 0.5) is 13.6 Å². The third kappa shape index (κ3) is 9.04. The molecule has 0 saturated carbocycles. The Balaban J connectivity index is 2.69. The molecule has 0 saturated heterocycles. The highest BCUT2D eigenvalue weighted by Crippen LogP contribution is 2.11. The third-order valence-electron chi connectivity index (χ3n) is 3.95. The molecule has 0 aliphatic heterocycles. The summed E-state index contributed by atoms with van der Waals surface area (Å²) in [7, 11) is 0. The van der Waals surface area contributed by atoms with E-state index in [1.165, 1.54) is 0 Å². The SMILES string of the molecule is C#CCOC(=O)[C@H](Cc1cc(F)cc(F)c1)NC(=O)NCCC(C)CCC. The van der Waals surface area contributed by atoms with Crippen LogP contribution in [0.2, 0.25) is 0 Å². The van der Waals surface area contributed by atoms with Crippen LogP contribution in [-0.2, 0) is 16.0 Å². The molecule has 0 fully saturated rings. The van der Waals surface area contributed by atoms with E-state index in [9.17, 15) is 18.4 Å². The van der Waals surface area contributed by atoms with E-state index in [0.29, 0.717) is 12.5 Å². The zero-order chi connectivity index (χ0) is 20.2. The number of amides is 2. The second-order valence-corrected chi connectivity index (χ2v) is 6.43. The number of urea groups is 1. The summed E-state index contributed by atoms with van der Waals surface area (Å²) in [5, 5.41) is 5.16. The minimum absolute atomic E-state index is 0.127. The fraction of sp³-hybridized carbons (Fsp3) is 0.500. The highest BCUT2D eigenvalue weighted by atomic mass is 19.1. The monoisotopic (exact) mass is 380 g/mol. The third-order valence-corrected chi connectivity index (χ3v) is 3.95. The number of ether oxygens (including phenoxy) is 1. The fourth-order valence-electron chi connectivity index (χ4n) is 2.65. The van der Waals surface area contributed by atoms with Gasteiger partial charge in [-0.05, 0) is 30.0 Å². The van der Waals surface area contributed by atoms with Gasteiger partial charge in [0.1, 0.15) is 17.7 Å². The first-order valence-corrected chi connectivity index (χ1v) is 8.95. The molecule has 1 rings (SSSR count). The summed E-state index contributed by atoms with van der Waals surface area (Å²) in [5.74, 6) is 0.322. The van der Waals surface area contributed by atoms with Crippen molar-refractivity contribution >= 4 is 12.0 Å². The number of halogens is 2. The average molecular weight is 380 g/mol. The van der Waals surface area contributed by atoms with Crippen molar-refractivity contribution in [1.29, 1.82) is 0 Å². The van der Waals surface area contributed by atoms with E-state index in [-0.39, 0.29) is 18.6 Å². The first-order valence-electron chi connectivity index (χ1n) is 8.95. The van der Waals surface area contributed by atoms with Gasteiger partial charge in [-0.3, -0.25) is 0 Å². The van der Waals surface area contributed by atoms with Gasteiger partial charge in [-0.15, -0.1) is 6.42 Å². The number of carbonyl (C=O) groups excluding carboxylic acids is 2. The average Bonchev–Trinajstić information content (AvgIpc) is 2.58. The molecule has 2 amide bonds. The summed E-state index contributed by atoms with van der Waals surface area (Å²) < 4.78 is 31.6. The molecule has 1 unspecified atom stereocenters. The van der Waals surface area contributed by atoms with Crippen molar-refractivity contribution in [1.82, 2.24) is 10.6 Å². The van der Waals surface area contributed by atoms with Crippen molar-refractivity contribution in [3.8, 4) is 12.3 Å². The largest absolute Gasteiger partial charge is 0.451 e. The molecule has 0 radical (unpaired) electrons. The number of hydrogen-bond acceptors (Lipinski definition) is 3. The predicted molar refractivity (Wildman–Crippen MR) is 98.9 cm³/mol. The number of esters is 1. The van der Waals surface area contributed by atoms with Gasteiger partial charge in [0.2, 0.25) is 0 Å². The Morgan fingerprint density at radius 2 is 1.89 bits per heavy atom. The van der Waals surface area contributed by atoms with Crippen LogP contribution in [0.3, 0.4) is 0 Å². The first-order chi connectivity index (χ1) is 12.8. The van der Waals surface area contributed by atoms with E-state index >= 15 is 0 Å². The smallest absolute Gasteiger partial charge is 0.330 e. The zero-order valence-corrected chi connectivity index (χ0v) is 15.7. The summed E-state index contributed by atoms with van der Waals surface area (Å²) in [4.78, 5) is 24.2. The summed E-state index contributed by atoms with van der Waals surface area (Å²) in [5.41, 5.74) is 0.215. The maximum atomic E-state index is 13.4. The second kappa shape index (κ2) is 11.9. The van der Waals surface area contributed by atoms with Crippen LogP contribution in [0, 0.1) is 29.9 Å². The highest BCUT2D eigenvalue weighted by Gasteiger charge is 2.23. The minimum atomic E-state index is -1.12. The summed E-state index contributed by atoms with van der Waals surface area (Å²) in [6.07, 6.45) is 7.88. The molecule has 1 aromatic carbocycles. The van der Waals surface area contributed by atoms with Gasteiger partial charge < -0.3 is 15.4 Å². The van der Waals surface area contributed by atoms with Crippen LogP contribution < -0.4 is 10.6 Å². The van der Waals surface area contributed by atoms with E-state index in [4.69, 9.17) is 11.2 Å². The van der Waals surface area contributed by atoms with Crippen LogP contribution in [0.25, 0.3) is 0 Å². The van der Waals surface area contributed by atoms with Crippen LogP contribution in [-0.4, -0.2) is 31.2 Å². The Morgan fingerprint density at radius 3 is 2.48 bits per heavy atom. The molecule has 2 atom stereocenters. The molecule has 0 aliphatic carbocycles. The lowest BCUT2D eigenvalue weighted by molar-refractivity contribution is -0.144. The maximum Gasteiger partial charge on any atom is 0.330 e. The van der Waals surface area contributed by atoms with Crippen molar-refractivity contribution in [2.75, 3.05) is 13.2 Å². The van der Waals surface area contributed by atoms with E-state index in [2.05, 4.69) is 30.4 Å². The molecular formula is C20H26F2N2O3. The van der Waals surface area contributed by atoms with Crippen LogP contribution in [0.1, 0.15) is 38.7 Å². The fourth-order valence-corrected chi connectivity index (χ4v) is 2.65. The van der Waals surface area contributed by atoms with Gasteiger partial charge in [0.15, 0.2) is 6.61 Å². The number of terminal acetylenes is 1. The van der Waals surface area contributed by atoms with E-state index in [1.54, 1.807) is 0 Å². The standard InChI is InChI=1S/C20H26F2N2O3/c1-4-6-14(3)7-8-23-20(26)24-18(19(25)27-9-5-2)12-15-10-16(21)13-17(22)11-15/h2,10-11,13-14,18H,4,6-9,12H2,1,3H3,(H2,23,24,26)/t14?,18-/m0/s1. The molecule has 0 aliphatic rings. The van der Waals surface area contributed by atoms with E-state index in [0.717, 1.165) is 37.5 Å². The van der Waals surface area contributed by atoms with Crippen molar-refractivity contribution in [2.45, 2.75) is 45.6 Å². The first kappa shape index (κ1) is 22.4. The van der Waals surface area contributed by atoms with Crippen molar-refractivity contribution in [2.24, 2.45) is 5.92 Å². The lowest BCUT2D eigenvalue weighted by atomic mass is 10.0. The Kier molecular flexibility index (Phi) is 9.88. The van der Waals surface area contributed by atoms with Crippen molar-refractivity contribution in [3.63, 3.8) is 0 Å². The predicted octanol–water partition coefficient (Wildman–Crippen LogP) is 3.18. The summed E-state index contributed by atoms with van der Waals surface area (Å²) in [6.45, 7) is 4.39. The summed E-state index contributed by atoms with van der Waals surface area (Å²) >= 11 is 0. The Morgan fingerprint density at radius 1 is 1.22 bits per heavy atom. The Hall–Kier alpha value is -2.62. The van der Waals surface area contributed by atoms with Gasteiger partial charge in [0.05, 0.1) is 0 Å². The molecule has 148 valence electrons. The number of hydrogen-bond donors (Lipinski definition) is 2. The van der Waals surface area contributed by atoms with E-state index in [1.807, 2.05) is 0 Å². The van der Waals surface area contributed by atoms with Gasteiger partial charge in [-0.2, -0.15) is 0 Å². The van der Waals surface area contributed by atoms with Crippen molar-refractivity contribution < 1.29 is 23.1 Å². The quantitative estimate of drug-likeness (QED) is 0.484. The van der Waals surface area contributed by atoms with E-state index < -0.39 is 29.7 Å². The van der Waals surface area contributed by atoms with Gasteiger partial charge in [0, 0.05) is 19.0 Å². The molecule has 27 heavy (non-hydrogen) atoms. The molecule has 0 spiro atoms. The molecule has 0 bridgehead atoms. The van der Waals surface area contributed by atoms with Crippen LogP contribution >= 0.6 is 0 Å². The minimum Gasteiger partial charge on any atom is -0.451 e. The molecule has 0 heterocycles. The van der Waals surface area contributed by atoms with Crippen molar-refractivity contribution in [3.05, 3.63) is 35.4 Å². The van der Waals surface area contributed by atoms with Crippen LogP contribution in [0.5, 0.6) is 0 Å². The van der Waals surface area contributed by atoms with Gasteiger partial charge in [-0.25, -0.2) is 18.4 Å². The zero-order valence-electron chi connectivity index (χ0n) is 15.7. The van der Waals surface area contributed by atoms with Gasteiger partial charge in [-0.1, -0.05) is 32.6 Å². The lowest BCUT2D eigenvalue weighted by Gasteiger charge is -2.18. The van der Waals surface area contributed by atoms with Crippen LogP contribution in [0.15, 0.2) is 18.2 Å². The molecule has 7 heteroatoms. The molecule has 5 nitrogen and oxygen atoms in total. The number of carbonyl (C=O) groups is 2. The normalized spacial score (nSPS) is 12.6. The lowest BCUT2D eigenvalue weighted by Crippen LogP contribution is -2.48. The summed E-state index contributed by atoms with van der Waals surface area (Å²) in [6, 6.07) is 1.24. The Bertz CT molecular complexity index is 653. The molecule has 1 aromatic rings. The van der Waals surface area contributed by atoms with Gasteiger partial charge in [0.25, 0.3) is 0 Å². The molecular weight excluding hydrogens is 354 g/mol. The highest BCUT2D eigenvalue weighted by molar-refractivity contribution is 5.83. The topological polar surface area (TPSA) is 67.4 Å².